The molecule has 8 nitrogen and oxygen atoms in total. The molecule has 0 aliphatic carbocycles. The van der Waals surface area contributed by atoms with Crippen LogP contribution in [-0.2, 0) is 11.3 Å². The summed E-state index contributed by atoms with van der Waals surface area (Å²) in [5.41, 5.74) is 2.63. The molecule has 0 radical (unpaired) electrons. The highest BCUT2D eigenvalue weighted by Gasteiger charge is 2.19. The minimum absolute atomic E-state index is 0.0136. The van der Waals surface area contributed by atoms with Crippen LogP contribution in [0, 0.1) is 12.3 Å². The van der Waals surface area contributed by atoms with E-state index in [1.165, 1.54) is 10.5 Å². The second-order valence-corrected chi connectivity index (χ2v) is 8.10. The van der Waals surface area contributed by atoms with Crippen LogP contribution >= 0.6 is 0 Å². The fourth-order valence-electron chi connectivity index (χ4n) is 3.90. The molecular weight excluding hydrogens is 418 g/mol. The van der Waals surface area contributed by atoms with Crippen molar-refractivity contribution in [3.63, 3.8) is 0 Å². The molecule has 0 saturated heterocycles. The number of aromatic nitrogens is 3. The average molecular weight is 446 g/mol. The number of nitrogens with one attached hydrogen (secondary N) is 2. The second-order valence-electron chi connectivity index (χ2n) is 8.10. The van der Waals surface area contributed by atoms with Crippen molar-refractivity contribution in [3.8, 4) is 0 Å². The van der Waals surface area contributed by atoms with Crippen LogP contribution in [-0.4, -0.2) is 33.6 Å². The van der Waals surface area contributed by atoms with E-state index in [0.717, 1.165) is 11.1 Å². The van der Waals surface area contributed by atoms with Gasteiger partial charge in [-0.2, -0.15) is 0 Å². The van der Waals surface area contributed by atoms with Gasteiger partial charge in [-0.15, -0.1) is 0 Å². The van der Waals surface area contributed by atoms with Gasteiger partial charge in [0.15, 0.2) is 0 Å². The highest BCUT2D eigenvalue weighted by Crippen LogP contribution is 2.14. The van der Waals surface area contributed by atoms with Gasteiger partial charge in [0.05, 0.1) is 17.0 Å². The van der Waals surface area contributed by atoms with E-state index in [4.69, 9.17) is 10.1 Å². The minimum Gasteiger partial charge on any atom is -0.385 e. The van der Waals surface area contributed by atoms with Gasteiger partial charge in [-0.1, -0.05) is 36.4 Å². The van der Waals surface area contributed by atoms with E-state index in [1.807, 2.05) is 50.2 Å². The van der Waals surface area contributed by atoms with Crippen LogP contribution in [0.4, 0.5) is 0 Å². The average Bonchev–Trinajstić information content (AvgIpc) is 2.81. The minimum atomic E-state index is -0.410. The van der Waals surface area contributed by atoms with Crippen LogP contribution in [0.5, 0.6) is 0 Å². The third-order valence-electron chi connectivity index (χ3n) is 5.68. The van der Waals surface area contributed by atoms with Crippen molar-refractivity contribution >= 4 is 22.6 Å². The summed E-state index contributed by atoms with van der Waals surface area (Å²) in [6, 6.07) is 14.5. The zero-order chi connectivity index (χ0) is 23.5. The predicted molar refractivity (Wildman–Crippen MR) is 126 cm³/mol. The largest absolute Gasteiger partial charge is 0.385 e. The summed E-state index contributed by atoms with van der Waals surface area (Å²) in [6.07, 6.45) is 2.34. The Labute approximate surface area is 191 Å². The molecule has 0 aliphatic rings. The lowest BCUT2D eigenvalue weighted by atomic mass is 10.1. The first-order valence-corrected chi connectivity index (χ1v) is 10.9. The van der Waals surface area contributed by atoms with Gasteiger partial charge in [0.25, 0.3) is 11.5 Å². The maximum absolute atomic E-state index is 13.3. The highest BCUT2D eigenvalue weighted by molar-refractivity contribution is 5.97. The van der Waals surface area contributed by atoms with Gasteiger partial charge in [0.2, 0.25) is 0 Å². The third-order valence-corrected chi connectivity index (χ3v) is 5.68. The van der Waals surface area contributed by atoms with Gasteiger partial charge in [0.1, 0.15) is 16.8 Å². The number of amides is 1. The molecule has 0 fully saturated rings. The lowest BCUT2D eigenvalue weighted by Gasteiger charge is -2.17. The van der Waals surface area contributed by atoms with Crippen LogP contribution in [0.1, 0.15) is 40.9 Å². The Morgan fingerprint density at radius 1 is 1.21 bits per heavy atom. The maximum atomic E-state index is 13.3. The van der Waals surface area contributed by atoms with Crippen LogP contribution in [0.25, 0.3) is 16.7 Å². The number of methoxy groups -OCH3 is 1. The molecule has 1 amide bonds. The number of benzene rings is 1. The normalized spacial score (nSPS) is 12.2. The second kappa shape index (κ2) is 9.38. The Morgan fingerprint density at radius 3 is 2.70 bits per heavy atom. The number of carbonyl (C=O) groups is 1. The van der Waals surface area contributed by atoms with Crippen molar-refractivity contribution in [2.75, 3.05) is 13.7 Å². The smallest absolute Gasteiger partial charge is 0.267 e. The molecule has 1 aromatic carbocycles. The number of ether oxygens (including phenoxy) is 1. The Balaban J connectivity index is 1.87. The molecule has 1 atom stereocenters. The van der Waals surface area contributed by atoms with Crippen molar-refractivity contribution in [2.45, 2.75) is 32.9 Å². The van der Waals surface area contributed by atoms with E-state index in [-0.39, 0.29) is 22.7 Å². The van der Waals surface area contributed by atoms with Gasteiger partial charge in [-0.05, 0) is 43.5 Å². The first kappa shape index (κ1) is 22.4. The first-order chi connectivity index (χ1) is 15.9. The monoisotopic (exact) mass is 445 g/mol. The molecule has 4 aromatic rings. The lowest BCUT2D eigenvalue weighted by molar-refractivity contribution is 0.0937. The molecule has 3 heterocycles. The lowest BCUT2D eigenvalue weighted by Crippen LogP contribution is -2.36. The Kier molecular flexibility index (Phi) is 6.37. The van der Waals surface area contributed by atoms with Crippen molar-refractivity contribution in [1.29, 1.82) is 5.41 Å². The molecule has 0 saturated carbocycles. The van der Waals surface area contributed by atoms with Crippen molar-refractivity contribution in [3.05, 3.63) is 87.3 Å². The quantitative estimate of drug-likeness (QED) is 0.337. The van der Waals surface area contributed by atoms with E-state index in [0.29, 0.717) is 36.3 Å². The number of aryl methyl sites for hydroxylation is 2. The van der Waals surface area contributed by atoms with E-state index >= 15 is 0 Å². The van der Waals surface area contributed by atoms with Gasteiger partial charge < -0.3 is 14.6 Å². The number of pyridine rings is 2. The van der Waals surface area contributed by atoms with E-state index in [2.05, 4.69) is 10.3 Å². The maximum Gasteiger partial charge on any atom is 0.267 e. The van der Waals surface area contributed by atoms with Crippen LogP contribution in [0.15, 0.2) is 59.5 Å². The Bertz CT molecular complexity index is 1440. The third kappa shape index (κ3) is 4.42. The molecule has 0 bridgehead atoms. The molecule has 4 rings (SSSR count). The molecule has 0 spiro atoms. The summed E-state index contributed by atoms with van der Waals surface area (Å²) in [4.78, 5) is 31.2. The molecule has 170 valence electrons. The summed E-state index contributed by atoms with van der Waals surface area (Å²) < 4.78 is 8.27. The molecule has 0 aliphatic heterocycles. The topological polar surface area (TPSA) is 101 Å². The molecule has 1 unspecified atom stereocenters. The Morgan fingerprint density at radius 2 is 1.97 bits per heavy atom. The van der Waals surface area contributed by atoms with Gasteiger partial charge in [-0.3, -0.25) is 19.4 Å². The summed E-state index contributed by atoms with van der Waals surface area (Å²) in [5.74, 6) is -0.410. The van der Waals surface area contributed by atoms with E-state index in [9.17, 15) is 9.59 Å². The number of carbonyl (C=O) groups excluding carboxylic acids is 1. The number of hydrogen-bond acceptors (Lipinski definition) is 5. The molecule has 2 N–H and O–H groups in total. The van der Waals surface area contributed by atoms with Gasteiger partial charge >= 0.3 is 0 Å². The SMILES string of the molecule is COCCCn1c(=N)c(C(=O)NC(C)c2ccccc2)cc2c(=O)n3cc(C)ccc3nc21. The van der Waals surface area contributed by atoms with Crippen molar-refractivity contribution < 1.29 is 9.53 Å². The summed E-state index contributed by atoms with van der Waals surface area (Å²) >= 11 is 0. The fraction of sp³-hybridized carbons (Fsp3) is 0.280. The summed E-state index contributed by atoms with van der Waals surface area (Å²) in [5, 5.41) is 12.0. The molecule has 8 heteroatoms. The zero-order valence-electron chi connectivity index (χ0n) is 19.0. The number of rotatable bonds is 7. The molecule has 3 aromatic heterocycles. The highest BCUT2D eigenvalue weighted by atomic mass is 16.5. The van der Waals surface area contributed by atoms with Crippen molar-refractivity contribution in [2.24, 2.45) is 0 Å². The molecular formula is C25H27N5O3. The first-order valence-electron chi connectivity index (χ1n) is 10.9. The number of fused-ring (bicyclic) bond motifs is 2. The summed E-state index contributed by atoms with van der Waals surface area (Å²) in [7, 11) is 1.61. The predicted octanol–water partition coefficient (Wildman–Crippen LogP) is 2.96. The van der Waals surface area contributed by atoms with Crippen LogP contribution < -0.4 is 16.4 Å². The van der Waals surface area contributed by atoms with E-state index in [1.54, 1.807) is 23.9 Å². The van der Waals surface area contributed by atoms with E-state index < -0.39 is 5.91 Å². The van der Waals surface area contributed by atoms with Crippen LogP contribution in [0.2, 0.25) is 0 Å². The number of nitrogens with zero attached hydrogens (tertiary/aromatic N) is 3. The van der Waals surface area contributed by atoms with Gasteiger partial charge in [0, 0.05) is 26.5 Å². The zero-order valence-corrected chi connectivity index (χ0v) is 19.0. The molecule has 33 heavy (non-hydrogen) atoms. The van der Waals surface area contributed by atoms with Gasteiger partial charge in [-0.25, -0.2) is 4.98 Å². The van der Waals surface area contributed by atoms with Crippen LogP contribution in [0.3, 0.4) is 0 Å². The standard InChI is InChI=1S/C25H27N5O3/c1-16-10-11-21-28-23-20(25(32)30(21)15-16)14-19(22(26)29(23)12-7-13-33-3)24(31)27-17(2)18-8-5-4-6-9-18/h4-6,8-11,14-15,17,26H,7,12-13H2,1-3H3,(H,27,31). The number of hydrogen-bond donors (Lipinski definition) is 2. The van der Waals surface area contributed by atoms with Crippen molar-refractivity contribution in [1.82, 2.24) is 19.3 Å². The summed E-state index contributed by atoms with van der Waals surface area (Å²) in [6.45, 7) is 4.67. The fourth-order valence-corrected chi connectivity index (χ4v) is 3.90. The Hall–Kier alpha value is -3.78.